The Labute approximate surface area is 114 Å². The van der Waals surface area contributed by atoms with Gasteiger partial charge in [-0.25, -0.2) is 9.18 Å². The van der Waals surface area contributed by atoms with Crippen molar-refractivity contribution in [3.8, 4) is 0 Å². The Morgan fingerprint density at radius 3 is 2.94 bits per heavy atom. The molecule has 98 valence electrons. The molecule has 0 radical (unpaired) electrons. The highest BCUT2D eigenvalue weighted by Gasteiger charge is 2.27. The van der Waals surface area contributed by atoms with Gasteiger partial charge in [-0.1, -0.05) is 15.9 Å². The molecule has 1 N–H and O–H groups in total. The van der Waals surface area contributed by atoms with Gasteiger partial charge >= 0.3 is 5.97 Å². The zero-order valence-corrected chi connectivity index (χ0v) is 11.7. The summed E-state index contributed by atoms with van der Waals surface area (Å²) in [4.78, 5) is 11.8. The molecule has 1 aromatic rings. The molecule has 1 aromatic carbocycles. The van der Waals surface area contributed by atoms with Gasteiger partial charge in [0.2, 0.25) is 0 Å². The number of ether oxygens (including phenoxy) is 1. The Morgan fingerprint density at radius 1 is 1.61 bits per heavy atom. The molecule has 1 atom stereocenters. The van der Waals surface area contributed by atoms with Crippen molar-refractivity contribution in [2.75, 3.05) is 13.7 Å². The van der Waals surface area contributed by atoms with E-state index >= 15 is 0 Å². The smallest absolute Gasteiger partial charge is 0.327 e. The van der Waals surface area contributed by atoms with Crippen LogP contribution in [0.3, 0.4) is 0 Å². The highest BCUT2D eigenvalue weighted by atomic mass is 79.9. The Bertz CT molecular complexity index is 449. The van der Waals surface area contributed by atoms with Crippen LogP contribution in [0.5, 0.6) is 0 Å². The Balaban J connectivity index is 2.19. The van der Waals surface area contributed by atoms with Crippen molar-refractivity contribution >= 4 is 21.9 Å². The molecule has 0 aromatic heterocycles. The third-order valence-corrected chi connectivity index (χ3v) is 3.74. The second kappa shape index (κ2) is 5.80. The van der Waals surface area contributed by atoms with E-state index in [0.29, 0.717) is 16.0 Å². The zero-order valence-electron chi connectivity index (χ0n) is 10.1. The highest BCUT2D eigenvalue weighted by molar-refractivity contribution is 9.10. The topological polar surface area (TPSA) is 38.3 Å². The van der Waals surface area contributed by atoms with Crippen molar-refractivity contribution in [2.24, 2.45) is 5.92 Å². The predicted molar refractivity (Wildman–Crippen MR) is 69.6 cm³/mol. The maximum atomic E-state index is 13.3. The van der Waals surface area contributed by atoms with E-state index in [1.165, 1.54) is 32.1 Å². The number of carbonyl (C=O) groups is 1. The lowest BCUT2D eigenvalue weighted by molar-refractivity contribution is -0.143. The monoisotopic (exact) mass is 315 g/mol. The maximum absolute atomic E-state index is 13.3. The lowest BCUT2D eigenvalue weighted by atomic mass is 10.1. The summed E-state index contributed by atoms with van der Waals surface area (Å²) < 4.78 is 18.8. The summed E-state index contributed by atoms with van der Waals surface area (Å²) in [6, 6.07) is 3.68. The molecule has 18 heavy (non-hydrogen) atoms. The van der Waals surface area contributed by atoms with Crippen molar-refractivity contribution in [2.45, 2.75) is 18.9 Å². The summed E-state index contributed by atoms with van der Waals surface area (Å²) in [6.45, 7) is 0.753. The van der Waals surface area contributed by atoms with Crippen LogP contribution in [0.1, 0.15) is 24.4 Å². The number of benzene rings is 1. The number of nitrogens with one attached hydrogen (secondary N) is 1. The van der Waals surface area contributed by atoms with Crippen molar-refractivity contribution in [3.63, 3.8) is 0 Å². The van der Waals surface area contributed by atoms with E-state index in [4.69, 9.17) is 4.74 Å². The summed E-state index contributed by atoms with van der Waals surface area (Å²) in [5.41, 5.74) is 0.572. The molecule has 0 amide bonds. The van der Waals surface area contributed by atoms with Crippen LogP contribution in [0.4, 0.5) is 4.39 Å². The molecule has 0 heterocycles. The van der Waals surface area contributed by atoms with Gasteiger partial charge in [-0.3, -0.25) is 0 Å². The van der Waals surface area contributed by atoms with Crippen LogP contribution in [0.2, 0.25) is 0 Å². The summed E-state index contributed by atoms with van der Waals surface area (Å²) in [5, 5.41) is 3.15. The number of methoxy groups -OCH3 is 1. The van der Waals surface area contributed by atoms with Crippen molar-refractivity contribution < 1.29 is 13.9 Å². The molecule has 1 fully saturated rings. The molecule has 1 unspecified atom stereocenters. The summed E-state index contributed by atoms with van der Waals surface area (Å²) >= 11 is 3.34. The fraction of sp³-hybridized carbons (Fsp3) is 0.462. The molecule has 0 spiro atoms. The van der Waals surface area contributed by atoms with Crippen molar-refractivity contribution in [3.05, 3.63) is 34.1 Å². The molecule has 5 heteroatoms. The fourth-order valence-corrected chi connectivity index (χ4v) is 2.26. The first-order valence-corrected chi connectivity index (χ1v) is 6.67. The van der Waals surface area contributed by atoms with Gasteiger partial charge in [0.25, 0.3) is 0 Å². The maximum Gasteiger partial charge on any atom is 0.327 e. The fourth-order valence-electron chi connectivity index (χ4n) is 1.78. The minimum absolute atomic E-state index is 0.365. The van der Waals surface area contributed by atoms with E-state index in [0.717, 1.165) is 6.54 Å². The average Bonchev–Trinajstić information content (AvgIpc) is 3.17. The number of esters is 1. The SMILES string of the molecule is COC(=O)C(NCC1CC1)c1cc(F)ccc1Br. The van der Waals surface area contributed by atoms with Crippen LogP contribution >= 0.6 is 15.9 Å². The molecule has 0 saturated heterocycles. The minimum Gasteiger partial charge on any atom is -0.468 e. The van der Waals surface area contributed by atoms with Gasteiger partial charge in [0.15, 0.2) is 0 Å². The number of hydrogen-bond acceptors (Lipinski definition) is 3. The lowest BCUT2D eigenvalue weighted by Crippen LogP contribution is -2.31. The third-order valence-electron chi connectivity index (χ3n) is 3.01. The van der Waals surface area contributed by atoms with E-state index in [-0.39, 0.29) is 5.82 Å². The van der Waals surface area contributed by atoms with Crippen LogP contribution < -0.4 is 5.32 Å². The van der Waals surface area contributed by atoms with Crippen molar-refractivity contribution in [1.82, 2.24) is 5.32 Å². The highest BCUT2D eigenvalue weighted by Crippen LogP contribution is 2.30. The van der Waals surface area contributed by atoms with Gasteiger partial charge in [-0.2, -0.15) is 0 Å². The molecule has 3 nitrogen and oxygen atoms in total. The standard InChI is InChI=1S/C13H15BrFNO2/c1-18-13(17)12(16-7-8-2-3-8)10-6-9(15)4-5-11(10)14/h4-6,8,12,16H,2-3,7H2,1H3. The molecule has 0 bridgehead atoms. The van der Waals surface area contributed by atoms with Gasteiger partial charge in [0, 0.05) is 4.47 Å². The van der Waals surface area contributed by atoms with Crippen LogP contribution in [0, 0.1) is 11.7 Å². The summed E-state index contributed by atoms with van der Waals surface area (Å²) in [7, 11) is 1.33. The van der Waals surface area contributed by atoms with E-state index in [2.05, 4.69) is 21.2 Å². The Kier molecular flexibility index (Phi) is 4.35. The van der Waals surface area contributed by atoms with Gasteiger partial charge in [-0.15, -0.1) is 0 Å². The zero-order chi connectivity index (χ0) is 13.1. The van der Waals surface area contributed by atoms with Crippen LogP contribution in [-0.4, -0.2) is 19.6 Å². The van der Waals surface area contributed by atoms with Crippen molar-refractivity contribution in [1.29, 1.82) is 0 Å². The first kappa shape index (κ1) is 13.5. The lowest BCUT2D eigenvalue weighted by Gasteiger charge is -2.18. The van der Waals surface area contributed by atoms with Crippen LogP contribution in [0.25, 0.3) is 0 Å². The molecule has 1 saturated carbocycles. The predicted octanol–water partition coefficient (Wildman–Crippen LogP) is 2.80. The normalized spacial score (nSPS) is 16.4. The van der Waals surface area contributed by atoms with Gasteiger partial charge < -0.3 is 10.1 Å². The van der Waals surface area contributed by atoms with Crippen LogP contribution in [-0.2, 0) is 9.53 Å². The molecule has 1 aliphatic rings. The average molecular weight is 316 g/mol. The second-order valence-electron chi connectivity index (χ2n) is 4.47. The Morgan fingerprint density at radius 2 is 2.33 bits per heavy atom. The van der Waals surface area contributed by atoms with Gasteiger partial charge in [0.05, 0.1) is 7.11 Å². The van der Waals surface area contributed by atoms with E-state index in [9.17, 15) is 9.18 Å². The third kappa shape index (κ3) is 3.29. The molecule has 1 aliphatic carbocycles. The molecular weight excluding hydrogens is 301 g/mol. The molecule has 2 rings (SSSR count). The largest absolute Gasteiger partial charge is 0.468 e. The number of carbonyl (C=O) groups excluding carboxylic acids is 1. The first-order valence-electron chi connectivity index (χ1n) is 5.88. The quantitative estimate of drug-likeness (QED) is 0.849. The Hall–Kier alpha value is -0.940. The van der Waals surface area contributed by atoms with Crippen LogP contribution in [0.15, 0.2) is 22.7 Å². The summed E-state index contributed by atoms with van der Waals surface area (Å²) in [5.74, 6) is -0.137. The minimum atomic E-state index is -0.624. The van der Waals surface area contributed by atoms with E-state index < -0.39 is 12.0 Å². The van der Waals surface area contributed by atoms with E-state index in [1.54, 1.807) is 6.07 Å². The van der Waals surface area contributed by atoms with Gasteiger partial charge in [0.1, 0.15) is 11.9 Å². The van der Waals surface area contributed by atoms with Gasteiger partial charge in [-0.05, 0) is 49.1 Å². The number of hydrogen-bond donors (Lipinski definition) is 1. The molecule has 0 aliphatic heterocycles. The molecular formula is C13H15BrFNO2. The second-order valence-corrected chi connectivity index (χ2v) is 5.33. The number of halogens is 2. The van der Waals surface area contributed by atoms with E-state index in [1.807, 2.05) is 0 Å². The first-order chi connectivity index (χ1) is 8.61. The number of rotatable bonds is 5. The summed E-state index contributed by atoms with van der Waals surface area (Å²) in [6.07, 6.45) is 2.37.